The number of nitrogens with zero attached hydrogens (tertiary/aromatic N) is 2. The molecule has 0 unspecified atom stereocenters. The maximum Gasteiger partial charge on any atom is 0.304 e. The van der Waals surface area contributed by atoms with Crippen molar-refractivity contribution in [3.63, 3.8) is 0 Å². The van der Waals surface area contributed by atoms with Gasteiger partial charge in [-0.3, -0.25) is 9.71 Å². The van der Waals surface area contributed by atoms with Crippen LogP contribution in [0.2, 0.25) is 0 Å². The minimum atomic E-state index is -3.63. The molecule has 7 heteroatoms. The predicted molar refractivity (Wildman–Crippen MR) is 82.1 cm³/mol. The van der Waals surface area contributed by atoms with E-state index in [9.17, 15) is 8.42 Å². The molecule has 1 aromatic carbocycles. The van der Waals surface area contributed by atoms with E-state index < -0.39 is 10.2 Å². The summed E-state index contributed by atoms with van der Waals surface area (Å²) in [6.45, 7) is 3.77. The average Bonchev–Trinajstić information content (AvgIpc) is 2.38. The Kier molecular flexibility index (Phi) is 5.52. The van der Waals surface area contributed by atoms with Gasteiger partial charge in [0.2, 0.25) is 0 Å². The molecule has 0 amide bonds. The highest BCUT2D eigenvalue weighted by atomic mass is 32.2. The second-order valence-electron chi connectivity index (χ2n) is 4.80. The first-order valence-corrected chi connectivity index (χ1v) is 7.80. The summed E-state index contributed by atoms with van der Waals surface area (Å²) < 4.78 is 27.8. The van der Waals surface area contributed by atoms with E-state index >= 15 is 0 Å². The van der Waals surface area contributed by atoms with Gasteiger partial charge in [0.25, 0.3) is 0 Å². The molecule has 0 aliphatic heterocycles. The van der Waals surface area contributed by atoms with Gasteiger partial charge in [0, 0.05) is 26.1 Å². The van der Waals surface area contributed by atoms with Crippen LogP contribution in [0, 0.1) is 5.41 Å². The van der Waals surface area contributed by atoms with E-state index in [1.165, 1.54) is 8.61 Å². The Labute approximate surface area is 120 Å². The molecule has 6 nitrogen and oxygen atoms in total. The smallest absolute Gasteiger partial charge is 0.304 e. The summed E-state index contributed by atoms with van der Waals surface area (Å²) in [4.78, 5) is 0. The van der Waals surface area contributed by atoms with Gasteiger partial charge in [-0.05, 0) is 26.0 Å². The summed E-state index contributed by atoms with van der Waals surface area (Å²) in [5.74, 6) is -0.0340. The van der Waals surface area contributed by atoms with Gasteiger partial charge in [-0.25, -0.2) is 0 Å². The molecular weight excluding hydrogens is 276 g/mol. The number of hydrogen-bond acceptors (Lipinski definition) is 3. The molecule has 3 N–H and O–H groups in total. The van der Waals surface area contributed by atoms with E-state index in [1.54, 1.807) is 31.3 Å². The first-order chi connectivity index (χ1) is 9.26. The van der Waals surface area contributed by atoms with Crippen LogP contribution in [0.4, 0.5) is 5.69 Å². The van der Waals surface area contributed by atoms with E-state index in [0.29, 0.717) is 5.69 Å². The van der Waals surface area contributed by atoms with Crippen LogP contribution in [0.3, 0.4) is 0 Å². The van der Waals surface area contributed by atoms with Crippen molar-refractivity contribution in [2.24, 2.45) is 5.73 Å². The molecule has 20 heavy (non-hydrogen) atoms. The summed E-state index contributed by atoms with van der Waals surface area (Å²) in [6.07, 6.45) is 0.195. The number of amidine groups is 1. The third kappa shape index (κ3) is 3.94. The lowest BCUT2D eigenvalue weighted by Crippen LogP contribution is -2.46. The third-order valence-corrected chi connectivity index (χ3v) is 5.10. The van der Waals surface area contributed by atoms with Gasteiger partial charge < -0.3 is 5.73 Å². The third-order valence-electron chi connectivity index (χ3n) is 3.00. The molecule has 0 heterocycles. The largest absolute Gasteiger partial charge is 0.388 e. The van der Waals surface area contributed by atoms with Crippen molar-refractivity contribution < 1.29 is 8.42 Å². The Morgan fingerprint density at radius 1 is 1.30 bits per heavy atom. The van der Waals surface area contributed by atoms with E-state index in [-0.39, 0.29) is 24.8 Å². The number of nitrogens with one attached hydrogen (secondary N) is 1. The summed E-state index contributed by atoms with van der Waals surface area (Å²) >= 11 is 0. The molecule has 112 valence electrons. The molecule has 0 aliphatic rings. The Hall–Kier alpha value is -1.60. The molecule has 0 spiro atoms. The minimum absolute atomic E-state index is 0.0340. The lowest BCUT2D eigenvalue weighted by atomic mass is 10.3. The first-order valence-electron chi connectivity index (χ1n) is 6.40. The van der Waals surface area contributed by atoms with Crippen LogP contribution in [0.1, 0.15) is 20.3 Å². The minimum Gasteiger partial charge on any atom is -0.388 e. The second kappa shape index (κ2) is 6.71. The average molecular weight is 298 g/mol. The number of para-hydroxylation sites is 1. The Morgan fingerprint density at radius 2 is 1.85 bits per heavy atom. The Bertz CT molecular complexity index is 543. The number of nitrogens with two attached hydrogens (primary N) is 1. The summed E-state index contributed by atoms with van der Waals surface area (Å²) in [5, 5.41) is 7.29. The second-order valence-corrected chi connectivity index (χ2v) is 6.71. The van der Waals surface area contributed by atoms with E-state index in [2.05, 4.69) is 0 Å². The molecule has 0 radical (unpaired) electrons. The van der Waals surface area contributed by atoms with Gasteiger partial charge >= 0.3 is 10.2 Å². The van der Waals surface area contributed by atoms with Gasteiger partial charge in [0.1, 0.15) is 0 Å². The van der Waals surface area contributed by atoms with Crippen LogP contribution in [0.5, 0.6) is 0 Å². The van der Waals surface area contributed by atoms with Crippen molar-refractivity contribution >= 4 is 21.7 Å². The molecule has 0 aliphatic carbocycles. The highest BCUT2D eigenvalue weighted by molar-refractivity contribution is 7.90. The number of rotatable bonds is 7. The van der Waals surface area contributed by atoms with Crippen molar-refractivity contribution in [2.75, 3.05) is 17.9 Å². The van der Waals surface area contributed by atoms with Crippen molar-refractivity contribution in [3.05, 3.63) is 30.3 Å². The first kappa shape index (κ1) is 16.5. The van der Waals surface area contributed by atoms with Gasteiger partial charge in [0.15, 0.2) is 0 Å². The van der Waals surface area contributed by atoms with Crippen LogP contribution in [-0.2, 0) is 10.2 Å². The predicted octanol–water partition coefficient (Wildman–Crippen LogP) is 1.40. The van der Waals surface area contributed by atoms with E-state index in [4.69, 9.17) is 11.1 Å². The zero-order valence-electron chi connectivity index (χ0n) is 12.1. The lowest BCUT2D eigenvalue weighted by molar-refractivity contribution is 0.408. The zero-order valence-corrected chi connectivity index (χ0v) is 12.9. The lowest BCUT2D eigenvalue weighted by Gasteiger charge is -2.31. The summed E-state index contributed by atoms with van der Waals surface area (Å²) in [5.41, 5.74) is 5.92. The van der Waals surface area contributed by atoms with E-state index in [1.807, 2.05) is 19.9 Å². The molecular formula is C13H22N4O2S. The maximum absolute atomic E-state index is 12.6. The topological polar surface area (TPSA) is 90.5 Å². The van der Waals surface area contributed by atoms with Crippen LogP contribution < -0.4 is 10.0 Å². The monoisotopic (exact) mass is 298 g/mol. The van der Waals surface area contributed by atoms with Crippen molar-refractivity contribution in [3.8, 4) is 0 Å². The van der Waals surface area contributed by atoms with Crippen LogP contribution in [0.25, 0.3) is 0 Å². The van der Waals surface area contributed by atoms with Crippen LogP contribution in [0.15, 0.2) is 30.3 Å². The molecule has 0 aromatic heterocycles. The van der Waals surface area contributed by atoms with Crippen molar-refractivity contribution in [1.29, 1.82) is 5.41 Å². The highest BCUT2D eigenvalue weighted by Crippen LogP contribution is 2.20. The molecule has 1 aromatic rings. The number of hydrogen-bond donors (Lipinski definition) is 2. The molecule has 1 rings (SSSR count). The standard InChI is InChI=1S/C13H22N4O2S/c1-11(2)16(3)20(18,19)17(10-9-13(14)15)12-7-5-4-6-8-12/h4-8,11H,9-10H2,1-3H3,(H3,14,15). The van der Waals surface area contributed by atoms with Crippen molar-refractivity contribution in [2.45, 2.75) is 26.3 Å². The summed E-state index contributed by atoms with van der Waals surface area (Å²) in [7, 11) is -2.09. The van der Waals surface area contributed by atoms with Crippen LogP contribution in [-0.4, -0.2) is 38.2 Å². The van der Waals surface area contributed by atoms with E-state index in [0.717, 1.165) is 0 Å². The maximum atomic E-state index is 12.6. The number of benzene rings is 1. The fourth-order valence-electron chi connectivity index (χ4n) is 1.62. The molecule has 0 saturated carbocycles. The SMILES string of the molecule is CC(C)N(C)S(=O)(=O)N(CCC(=N)N)c1ccccc1. The quantitative estimate of drug-likeness (QED) is 0.589. The van der Waals surface area contributed by atoms with Crippen molar-refractivity contribution in [1.82, 2.24) is 4.31 Å². The van der Waals surface area contributed by atoms with Gasteiger partial charge in [-0.1, -0.05) is 18.2 Å². The molecule has 0 atom stereocenters. The molecule has 0 bridgehead atoms. The Balaban J connectivity index is 3.14. The fourth-order valence-corrected chi connectivity index (χ4v) is 3.17. The Morgan fingerprint density at radius 3 is 2.30 bits per heavy atom. The zero-order chi connectivity index (χ0) is 15.3. The normalized spacial score (nSPS) is 11.8. The highest BCUT2D eigenvalue weighted by Gasteiger charge is 2.28. The fraction of sp³-hybridized carbons (Fsp3) is 0.462. The number of anilines is 1. The van der Waals surface area contributed by atoms with Gasteiger partial charge in [0.05, 0.1) is 11.5 Å². The molecule has 0 saturated heterocycles. The van der Waals surface area contributed by atoms with Crippen LogP contribution >= 0.6 is 0 Å². The van der Waals surface area contributed by atoms with Gasteiger partial charge in [-0.2, -0.15) is 12.7 Å². The molecule has 0 fully saturated rings. The van der Waals surface area contributed by atoms with Gasteiger partial charge in [-0.15, -0.1) is 0 Å². The summed E-state index contributed by atoms with van der Waals surface area (Å²) in [6, 6.07) is 8.69.